The molecule has 17 heteroatoms. The molecular formula is C95H83F3N10O4. The standard InChI is InChI=1S/C32H27FN4O.C32H28FN3O2.C31H28FN3O/c1-19-26-13-12-24-28(23-10-6-7-11-27(23)33)36-31(22-14-15-34-18-25(22)20-8-4-3-5-9-20)37-30(24)32(26,2)16-21-17-35-38-29(19)21;1-19-26-13-12-24-28(23-10-6-7-11-27(23)33)35-31(36-30(24)32(26,2)16-21(18-37)29(19)38)22-14-15-34-17-25(22)20-8-4-3-5-9-20;1-19-25-13-12-23-28(22-10-6-7-11-26(22)32)34-30(35-29(23)31(25,2)16-14-27(19)36)21-15-17-33-18-24(21)20-8-4-3-5-9-20/h3-11,14-15,17-19,26H,12-13,16H2,1-2H3;3-11,14-15,17-19,26,37H,12-13,16H2,1-2H3;3-11,15,17-19,25H,12-14,16H2,1-2H3/b;21-18-;/t2*19-,26-,32-;19-,25-,31-/m111/s1. The molecule has 7 heterocycles. The van der Waals surface area contributed by atoms with Crippen molar-refractivity contribution in [3.8, 4) is 101 Å². The average Bonchev–Trinajstić information content (AvgIpc) is 1.11. The summed E-state index contributed by atoms with van der Waals surface area (Å²) in [7, 11) is 0. The number of nitrogens with zero attached hydrogens (tertiary/aromatic N) is 10. The highest BCUT2D eigenvalue weighted by Gasteiger charge is 2.54. The molecule has 0 bridgehead atoms. The van der Waals surface area contributed by atoms with Crippen molar-refractivity contribution in [1.82, 2.24) is 50.0 Å². The van der Waals surface area contributed by atoms with E-state index in [0.29, 0.717) is 87.8 Å². The Morgan fingerprint density at radius 3 is 1.17 bits per heavy atom. The summed E-state index contributed by atoms with van der Waals surface area (Å²) >= 11 is 0. The molecular weight excluding hydrogens is 1400 g/mol. The highest BCUT2D eigenvalue weighted by molar-refractivity contribution is 5.98. The van der Waals surface area contributed by atoms with Gasteiger partial charge < -0.3 is 9.63 Å². The van der Waals surface area contributed by atoms with Crippen LogP contribution in [0.25, 0.3) is 101 Å². The zero-order valence-corrected chi connectivity index (χ0v) is 63.3. The van der Waals surface area contributed by atoms with Crippen molar-refractivity contribution in [3.05, 3.63) is 300 Å². The lowest BCUT2D eigenvalue weighted by Gasteiger charge is -2.48. The van der Waals surface area contributed by atoms with Crippen LogP contribution in [0.15, 0.2) is 242 Å². The second-order valence-corrected chi connectivity index (χ2v) is 31.6. The van der Waals surface area contributed by atoms with Crippen LogP contribution in [0.2, 0.25) is 0 Å². The van der Waals surface area contributed by atoms with Gasteiger partial charge in [-0.15, -0.1) is 0 Å². The molecule has 19 rings (SSSR count). The number of ketones is 2. The molecule has 0 spiro atoms. The molecule has 14 nitrogen and oxygen atoms in total. The van der Waals surface area contributed by atoms with E-state index >= 15 is 13.2 Å². The van der Waals surface area contributed by atoms with E-state index in [1.165, 1.54) is 18.2 Å². The first-order valence-electron chi connectivity index (χ1n) is 38.8. The third-order valence-corrected chi connectivity index (χ3v) is 25.3. The first-order valence-corrected chi connectivity index (χ1v) is 38.8. The number of rotatable bonds is 9. The molecule has 112 heavy (non-hydrogen) atoms. The van der Waals surface area contributed by atoms with Crippen molar-refractivity contribution in [3.63, 3.8) is 0 Å². The molecule has 558 valence electrons. The molecule has 0 aliphatic heterocycles. The number of aliphatic hydroxyl groups is 1. The zero-order chi connectivity index (χ0) is 77.2. The maximum absolute atomic E-state index is 15.3. The maximum atomic E-state index is 15.3. The van der Waals surface area contributed by atoms with E-state index in [-0.39, 0.29) is 63.7 Å². The number of Topliss-reactive ketones (excluding diaryl/α,β-unsaturated/α-hetero) is 2. The zero-order valence-electron chi connectivity index (χ0n) is 63.3. The minimum Gasteiger partial charge on any atom is -0.515 e. The average molecular weight is 1490 g/mol. The van der Waals surface area contributed by atoms with Gasteiger partial charge in [0.15, 0.2) is 23.3 Å². The van der Waals surface area contributed by atoms with Crippen molar-refractivity contribution in [2.75, 3.05) is 0 Å². The lowest BCUT2D eigenvalue weighted by atomic mass is 9.55. The molecule has 6 aliphatic carbocycles. The van der Waals surface area contributed by atoms with Gasteiger partial charge in [-0.2, -0.15) is 0 Å². The lowest BCUT2D eigenvalue weighted by Crippen LogP contribution is -2.48. The number of aliphatic hydroxyl groups excluding tert-OH is 1. The van der Waals surface area contributed by atoms with E-state index in [9.17, 15) is 14.7 Å². The molecule has 9 atom stereocenters. The van der Waals surface area contributed by atoms with Gasteiger partial charge in [0.05, 0.1) is 46.6 Å². The predicted octanol–water partition coefficient (Wildman–Crippen LogP) is 20.9. The Bertz CT molecular complexity index is 5840. The first-order chi connectivity index (χ1) is 54.4. The van der Waals surface area contributed by atoms with Gasteiger partial charge in [0.2, 0.25) is 0 Å². The summed E-state index contributed by atoms with van der Waals surface area (Å²) in [5.74, 6) is 2.61. The molecule has 0 radical (unpaired) electrons. The van der Waals surface area contributed by atoms with Gasteiger partial charge >= 0.3 is 0 Å². The number of allylic oxidation sites excluding steroid dienone is 1. The summed E-state index contributed by atoms with van der Waals surface area (Å²) in [5, 5.41) is 14.0. The highest BCUT2D eigenvalue weighted by atomic mass is 19.1. The number of carbonyl (C=O) groups excluding carboxylic acids is 2. The number of halogens is 3. The van der Waals surface area contributed by atoms with Crippen LogP contribution in [-0.4, -0.2) is 66.7 Å². The minimum atomic E-state index is -0.521. The quantitative estimate of drug-likeness (QED) is 0.106. The van der Waals surface area contributed by atoms with Crippen molar-refractivity contribution in [2.45, 2.75) is 128 Å². The molecule has 2 fully saturated rings. The smallest absolute Gasteiger partial charge is 0.165 e. The molecule has 6 aromatic carbocycles. The maximum Gasteiger partial charge on any atom is 0.165 e. The molecule has 0 unspecified atom stereocenters. The van der Waals surface area contributed by atoms with Crippen LogP contribution in [0, 0.1) is 47.0 Å². The van der Waals surface area contributed by atoms with Crippen molar-refractivity contribution >= 4 is 11.6 Å². The van der Waals surface area contributed by atoms with E-state index in [1.807, 2.05) is 147 Å². The molecule has 7 aromatic heterocycles. The van der Waals surface area contributed by atoms with Gasteiger partial charge in [-0.05, 0) is 147 Å². The van der Waals surface area contributed by atoms with E-state index in [4.69, 9.17) is 34.4 Å². The molecule has 0 amide bonds. The summed E-state index contributed by atoms with van der Waals surface area (Å²) in [6.07, 6.45) is 20.7. The van der Waals surface area contributed by atoms with Crippen LogP contribution >= 0.6 is 0 Å². The van der Waals surface area contributed by atoms with Gasteiger partial charge in [-0.1, -0.05) is 174 Å². The molecule has 0 saturated heterocycles. The van der Waals surface area contributed by atoms with E-state index in [1.54, 1.807) is 55.1 Å². The Kier molecular flexibility index (Phi) is 19.2. The summed E-state index contributed by atoms with van der Waals surface area (Å²) in [4.78, 5) is 69.6. The predicted molar refractivity (Wildman–Crippen MR) is 427 cm³/mol. The lowest BCUT2D eigenvalue weighted by molar-refractivity contribution is -0.128. The van der Waals surface area contributed by atoms with Crippen LogP contribution < -0.4 is 0 Å². The Labute approximate surface area is 649 Å². The SMILES string of the molecule is C[C@H]1C(=O)/C(=C\O)C[C@@]2(C)c3nc(-c4ccncc4-c4ccccc4)nc(-c4ccccc4F)c3CC[C@H]12.C[C@H]1C(=O)CC[C@@]2(C)c3nc(-c4ccncc4-c4ccccc4)nc(-c4ccccc4F)c3CC[C@H]12.C[C@H]1c2oncc2C[C@@]2(C)c3nc(-c4ccncc4-c4ccccc4)nc(-c4ccccc4F)c3CC[C@H]12. The van der Waals surface area contributed by atoms with Crippen LogP contribution in [0.3, 0.4) is 0 Å². The molecule has 6 aliphatic rings. The van der Waals surface area contributed by atoms with Crippen molar-refractivity contribution in [1.29, 1.82) is 0 Å². The number of carbonyl (C=O) groups is 2. The first kappa shape index (κ1) is 72.7. The van der Waals surface area contributed by atoms with Crippen LogP contribution in [0.5, 0.6) is 0 Å². The van der Waals surface area contributed by atoms with Crippen LogP contribution in [0.1, 0.15) is 131 Å². The number of aromatic nitrogens is 10. The number of benzene rings is 6. The number of hydrogen-bond acceptors (Lipinski definition) is 14. The van der Waals surface area contributed by atoms with Gasteiger partial charge in [0.25, 0.3) is 0 Å². The van der Waals surface area contributed by atoms with Crippen molar-refractivity contribution < 1.29 is 32.4 Å². The number of pyridine rings is 3. The highest BCUT2D eigenvalue weighted by Crippen LogP contribution is 2.58. The monoisotopic (exact) mass is 1480 g/mol. The second kappa shape index (κ2) is 29.6. The topological polar surface area (TPSA) is 196 Å². The molecule has 13 aromatic rings. The Balaban J connectivity index is 0.000000122. The van der Waals surface area contributed by atoms with E-state index in [0.717, 1.165) is 146 Å². The largest absolute Gasteiger partial charge is 0.515 e. The Morgan fingerprint density at radius 1 is 0.402 bits per heavy atom. The third-order valence-electron chi connectivity index (χ3n) is 25.3. The fourth-order valence-corrected chi connectivity index (χ4v) is 19.7. The fraction of sp³-hybridized carbons (Fsp3) is 0.263. The second-order valence-electron chi connectivity index (χ2n) is 31.6. The van der Waals surface area contributed by atoms with Crippen LogP contribution in [-0.2, 0) is 51.5 Å². The molecule has 1 N–H and O–H groups in total. The summed E-state index contributed by atoms with van der Waals surface area (Å²) in [6, 6.07) is 56.4. The summed E-state index contributed by atoms with van der Waals surface area (Å²) in [6.45, 7) is 12.9. The normalized spacial score (nSPS) is 22.9. The van der Waals surface area contributed by atoms with Gasteiger partial charge in [-0.3, -0.25) is 24.5 Å². The van der Waals surface area contributed by atoms with Crippen molar-refractivity contribution in [2.24, 2.45) is 29.6 Å². The molecule has 2 saturated carbocycles. The van der Waals surface area contributed by atoms with Crippen LogP contribution in [0.4, 0.5) is 13.2 Å². The number of hydrogen-bond donors (Lipinski definition) is 1. The summed E-state index contributed by atoms with van der Waals surface area (Å²) in [5.41, 5.74) is 18.0. The summed E-state index contributed by atoms with van der Waals surface area (Å²) < 4.78 is 51.3. The van der Waals surface area contributed by atoms with E-state index in [2.05, 4.69) is 66.9 Å². The van der Waals surface area contributed by atoms with E-state index < -0.39 is 5.41 Å². The third kappa shape index (κ3) is 12.7. The van der Waals surface area contributed by atoms with Gasteiger partial charge in [0, 0.05) is 155 Å². The van der Waals surface area contributed by atoms with Gasteiger partial charge in [-0.25, -0.2) is 43.1 Å². The minimum absolute atomic E-state index is 0.00645. The van der Waals surface area contributed by atoms with Gasteiger partial charge in [0.1, 0.15) is 29.0 Å². The Morgan fingerprint density at radius 2 is 0.768 bits per heavy atom. The Hall–Kier alpha value is -12.1. The fourth-order valence-electron chi connectivity index (χ4n) is 19.7. The number of fused-ring (bicyclic) bond motifs is 10.